The molecule has 0 fully saturated rings. The monoisotopic (exact) mass is 308 g/mol. The first kappa shape index (κ1) is 17.5. The molecule has 0 atom stereocenters. The maximum Gasteiger partial charge on any atom is 0.325 e. The van der Waals surface area contributed by atoms with Crippen LogP contribution in [0.15, 0.2) is 35.0 Å². The van der Waals surface area contributed by atoms with Crippen LogP contribution in [0.25, 0.3) is 0 Å². The van der Waals surface area contributed by atoms with Gasteiger partial charge in [-0.25, -0.2) is 0 Å². The molecular formula is C15H20N2O5. The number of furan rings is 1. The van der Waals surface area contributed by atoms with Crippen molar-refractivity contribution >= 4 is 17.8 Å². The molecule has 0 aliphatic heterocycles. The summed E-state index contributed by atoms with van der Waals surface area (Å²) in [6.07, 6.45) is 1.35. The van der Waals surface area contributed by atoms with Gasteiger partial charge in [-0.3, -0.25) is 14.4 Å². The van der Waals surface area contributed by atoms with Gasteiger partial charge in [0.1, 0.15) is 6.54 Å². The molecule has 7 heteroatoms. The number of hydrogen-bond acceptors (Lipinski definition) is 5. The minimum absolute atomic E-state index is 0.0995. The van der Waals surface area contributed by atoms with E-state index in [0.717, 1.165) is 5.57 Å². The first-order chi connectivity index (χ1) is 10.4. The Bertz CT molecular complexity index is 536. The molecule has 22 heavy (non-hydrogen) atoms. The molecule has 1 N–H and O–H groups in total. The summed E-state index contributed by atoms with van der Waals surface area (Å²) in [5.74, 6) is -1.43. The highest BCUT2D eigenvalue weighted by Crippen LogP contribution is 1.99. The molecule has 0 aromatic carbocycles. The second-order valence-electron chi connectivity index (χ2n) is 4.69. The van der Waals surface area contributed by atoms with Crippen molar-refractivity contribution in [2.45, 2.75) is 13.8 Å². The molecule has 1 rings (SSSR count). The molecule has 0 bridgehead atoms. The van der Waals surface area contributed by atoms with Crippen LogP contribution in [0.3, 0.4) is 0 Å². The third-order valence-electron chi connectivity index (χ3n) is 2.69. The fourth-order valence-corrected chi connectivity index (χ4v) is 1.63. The zero-order chi connectivity index (χ0) is 16.5. The molecule has 0 saturated carbocycles. The van der Waals surface area contributed by atoms with Crippen molar-refractivity contribution in [3.63, 3.8) is 0 Å². The van der Waals surface area contributed by atoms with Crippen LogP contribution in [-0.4, -0.2) is 48.9 Å². The Labute approximate surface area is 128 Å². The summed E-state index contributed by atoms with van der Waals surface area (Å²) in [4.78, 5) is 36.4. The van der Waals surface area contributed by atoms with Gasteiger partial charge in [-0.2, -0.15) is 0 Å². The van der Waals surface area contributed by atoms with Gasteiger partial charge >= 0.3 is 5.97 Å². The average molecular weight is 308 g/mol. The molecule has 7 nitrogen and oxygen atoms in total. The van der Waals surface area contributed by atoms with Gasteiger partial charge in [-0.1, -0.05) is 12.2 Å². The van der Waals surface area contributed by atoms with E-state index < -0.39 is 11.9 Å². The number of ether oxygens (including phenoxy) is 1. The van der Waals surface area contributed by atoms with Gasteiger partial charge in [0.2, 0.25) is 0 Å². The number of likely N-dealkylation sites (N-methyl/N-ethyl adjacent to an activating group) is 1. The first-order valence-corrected chi connectivity index (χ1v) is 6.83. The maximum absolute atomic E-state index is 11.8. The van der Waals surface area contributed by atoms with E-state index in [1.807, 2.05) is 13.8 Å². The SMILES string of the molecule is C=C(C)CN(CC)C(=O)COC(=O)CNC(=O)c1ccco1. The Morgan fingerprint density at radius 3 is 2.68 bits per heavy atom. The van der Waals surface area contributed by atoms with Crippen LogP contribution < -0.4 is 5.32 Å². The van der Waals surface area contributed by atoms with E-state index in [0.29, 0.717) is 13.1 Å². The lowest BCUT2D eigenvalue weighted by molar-refractivity contribution is -0.150. The Balaban J connectivity index is 2.31. The lowest BCUT2D eigenvalue weighted by atomic mass is 10.3. The van der Waals surface area contributed by atoms with E-state index >= 15 is 0 Å². The summed E-state index contributed by atoms with van der Waals surface area (Å²) < 4.78 is 9.71. The topological polar surface area (TPSA) is 88.9 Å². The molecule has 0 saturated heterocycles. The average Bonchev–Trinajstić information content (AvgIpc) is 3.01. The van der Waals surface area contributed by atoms with Gasteiger partial charge in [0, 0.05) is 13.1 Å². The summed E-state index contributed by atoms with van der Waals surface area (Å²) in [7, 11) is 0. The van der Waals surface area contributed by atoms with Crippen LogP contribution in [0.5, 0.6) is 0 Å². The molecule has 120 valence electrons. The number of esters is 1. The number of carbonyl (C=O) groups is 3. The minimum atomic E-state index is -0.695. The standard InChI is InChI=1S/C15H20N2O5/c1-4-17(9-11(2)3)13(18)10-22-14(19)8-16-15(20)12-6-5-7-21-12/h5-7H,2,4,8-10H2,1,3H3,(H,16,20). The minimum Gasteiger partial charge on any atom is -0.459 e. The van der Waals surface area contributed by atoms with E-state index in [9.17, 15) is 14.4 Å². The number of nitrogens with zero attached hydrogens (tertiary/aromatic N) is 1. The number of carbonyl (C=O) groups excluding carboxylic acids is 3. The van der Waals surface area contributed by atoms with E-state index in [-0.39, 0.29) is 24.8 Å². The van der Waals surface area contributed by atoms with Crippen LogP contribution in [0.2, 0.25) is 0 Å². The molecule has 1 heterocycles. The summed E-state index contributed by atoms with van der Waals surface area (Å²) >= 11 is 0. The molecule has 0 aliphatic carbocycles. The largest absolute Gasteiger partial charge is 0.459 e. The summed E-state index contributed by atoms with van der Waals surface area (Å²) in [6, 6.07) is 3.04. The van der Waals surface area contributed by atoms with E-state index in [2.05, 4.69) is 11.9 Å². The molecule has 0 spiro atoms. The third-order valence-corrected chi connectivity index (χ3v) is 2.69. The van der Waals surface area contributed by atoms with Crippen molar-refractivity contribution in [2.75, 3.05) is 26.2 Å². The highest BCUT2D eigenvalue weighted by Gasteiger charge is 2.15. The number of rotatable bonds is 8. The van der Waals surface area contributed by atoms with E-state index in [1.54, 1.807) is 6.07 Å². The normalized spacial score (nSPS) is 9.91. The Hall–Kier alpha value is -2.57. The second kappa shape index (κ2) is 8.66. The number of amides is 2. The van der Waals surface area contributed by atoms with Gasteiger partial charge in [-0.05, 0) is 26.0 Å². The fourth-order valence-electron chi connectivity index (χ4n) is 1.63. The quantitative estimate of drug-likeness (QED) is 0.571. The van der Waals surface area contributed by atoms with Gasteiger partial charge in [-0.15, -0.1) is 0 Å². The predicted octanol–water partition coefficient (Wildman–Crippen LogP) is 0.977. The molecule has 2 amide bonds. The Morgan fingerprint density at radius 1 is 1.41 bits per heavy atom. The fraction of sp³-hybridized carbons (Fsp3) is 0.400. The summed E-state index contributed by atoms with van der Waals surface area (Å²) in [6.45, 7) is 7.59. The van der Waals surface area contributed by atoms with Crippen LogP contribution in [-0.2, 0) is 14.3 Å². The summed E-state index contributed by atoms with van der Waals surface area (Å²) in [5, 5.41) is 2.34. The molecule has 1 aromatic rings. The van der Waals surface area contributed by atoms with E-state index in [4.69, 9.17) is 9.15 Å². The van der Waals surface area contributed by atoms with Crippen LogP contribution >= 0.6 is 0 Å². The summed E-state index contributed by atoms with van der Waals surface area (Å²) in [5.41, 5.74) is 0.840. The van der Waals surface area contributed by atoms with Gasteiger partial charge in [0.15, 0.2) is 12.4 Å². The second-order valence-corrected chi connectivity index (χ2v) is 4.69. The molecule has 0 aliphatic rings. The molecule has 0 radical (unpaired) electrons. The highest BCUT2D eigenvalue weighted by molar-refractivity contribution is 5.93. The van der Waals surface area contributed by atoms with Crippen molar-refractivity contribution in [3.8, 4) is 0 Å². The molecule has 1 aromatic heterocycles. The Morgan fingerprint density at radius 2 is 2.14 bits per heavy atom. The van der Waals surface area contributed by atoms with Crippen LogP contribution in [0.4, 0.5) is 0 Å². The predicted molar refractivity (Wildman–Crippen MR) is 79.1 cm³/mol. The van der Waals surface area contributed by atoms with Crippen molar-refractivity contribution < 1.29 is 23.5 Å². The zero-order valence-corrected chi connectivity index (χ0v) is 12.8. The molecular weight excluding hydrogens is 288 g/mol. The molecule has 0 unspecified atom stereocenters. The van der Waals surface area contributed by atoms with Gasteiger partial charge < -0.3 is 19.4 Å². The number of nitrogens with one attached hydrogen (secondary N) is 1. The van der Waals surface area contributed by atoms with Crippen LogP contribution in [0.1, 0.15) is 24.4 Å². The van der Waals surface area contributed by atoms with E-state index in [1.165, 1.54) is 17.2 Å². The van der Waals surface area contributed by atoms with Gasteiger partial charge in [0.05, 0.1) is 6.26 Å². The maximum atomic E-state index is 11.8. The first-order valence-electron chi connectivity index (χ1n) is 6.83. The lowest BCUT2D eigenvalue weighted by Gasteiger charge is -2.20. The number of hydrogen-bond donors (Lipinski definition) is 1. The van der Waals surface area contributed by atoms with Crippen molar-refractivity contribution in [1.82, 2.24) is 10.2 Å². The highest BCUT2D eigenvalue weighted by atomic mass is 16.5. The smallest absolute Gasteiger partial charge is 0.325 e. The Kier molecular flexibility index (Phi) is 6.88. The zero-order valence-electron chi connectivity index (χ0n) is 12.8. The van der Waals surface area contributed by atoms with Crippen molar-refractivity contribution in [1.29, 1.82) is 0 Å². The van der Waals surface area contributed by atoms with Crippen molar-refractivity contribution in [2.24, 2.45) is 0 Å². The van der Waals surface area contributed by atoms with Crippen LogP contribution in [0, 0.1) is 0 Å². The van der Waals surface area contributed by atoms with Crippen molar-refractivity contribution in [3.05, 3.63) is 36.3 Å². The van der Waals surface area contributed by atoms with Gasteiger partial charge in [0.25, 0.3) is 11.8 Å². The lowest BCUT2D eigenvalue weighted by Crippen LogP contribution is -2.37. The third kappa shape index (κ3) is 5.82.